The van der Waals surface area contributed by atoms with Gasteiger partial charge in [-0.25, -0.2) is 4.98 Å². The van der Waals surface area contributed by atoms with Crippen LogP contribution in [0.2, 0.25) is 5.02 Å². The number of rotatable bonds is 6. The smallest absolute Gasteiger partial charge is 0.251 e. The SMILES string of the molecule is CCC(=O)N(c1ccc(C(=O)NC(C)c2nc3ccc(Cl)cc3[nH]2)cc1C)C1CCC1. The number of hydrogen-bond donors (Lipinski definition) is 2. The number of hydrogen-bond acceptors (Lipinski definition) is 3. The van der Waals surface area contributed by atoms with Crippen LogP contribution < -0.4 is 10.2 Å². The van der Waals surface area contributed by atoms with E-state index in [0.29, 0.717) is 22.8 Å². The van der Waals surface area contributed by atoms with Gasteiger partial charge >= 0.3 is 0 Å². The van der Waals surface area contributed by atoms with Crippen LogP contribution in [0.15, 0.2) is 36.4 Å². The number of aromatic nitrogens is 2. The summed E-state index contributed by atoms with van der Waals surface area (Å²) in [5, 5.41) is 3.63. The van der Waals surface area contributed by atoms with Crippen molar-refractivity contribution in [3.05, 3.63) is 58.4 Å². The summed E-state index contributed by atoms with van der Waals surface area (Å²) in [5.74, 6) is 0.616. The fourth-order valence-corrected chi connectivity index (χ4v) is 4.14. The molecule has 31 heavy (non-hydrogen) atoms. The lowest BCUT2D eigenvalue weighted by atomic mass is 9.90. The van der Waals surface area contributed by atoms with Gasteiger partial charge in [0.25, 0.3) is 5.91 Å². The highest BCUT2D eigenvalue weighted by atomic mass is 35.5. The third-order valence-corrected chi connectivity index (χ3v) is 6.18. The number of aromatic amines is 1. The van der Waals surface area contributed by atoms with Gasteiger partial charge in [0.15, 0.2) is 0 Å². The molecule has 1 fully saturated rings. The van der Waals surface area contributed by atoms with E-state index in [2.05, 4.69) is 15.3 Å². The number of nitrogens with zero attached hydrogens (tertiary/aromatic N) is 2. The summed E-state index contributed by atoms with van der Waals surface area (Å²) in [6.07, 6.45) is 3.70. The second-order valence-electron chi connectivity index (χ2n) is 8.18. The molecule has 0 radical (unpaired) electrons. The summed E-state index contributed by atoms with van der Waals surface area (Å²) < 4.78 is 0. The maximum absolute atomic E-state index is 12.9. The average molecular weight is 439 g/mol. The molecule has 1 aliphatic carbocycles. The molecule has 1 aliphatic rings. The van der Waals surface area contributed by atoms with Crippen molar-refractivity contribution in [1.29, 1.82) is 0 Å². The lowest BCUT2D eigenvalue weighted by molar-refractivity contribution is -0.119. The average Bonchev–Trinajstić information content (AvgIpc) is 3.13. The van der Waals surface area contributed by atoms with Crippen LogP contribution in [0.3, 0.4) is 0 Å². The zero-order valence-corrected chi connectivity index (χ0v) is 18.8. The van der Waals surface area contributed by atoms with E-state index in [9.17, 15) is 9.59 Å². The minimum Gasteiger partial charge on any atom is -0.342 e. The van der Waals surface area contributed by atoms with E-state index < -0.39 is 0 Å². The van der Waals surface area contributed by atoms with Crippen LogP contribution in [0.25, 0.3) is 11.0 Å². The molecule has 1 heterocycles. The molecule has 2 N–H and O–H groups in total. The molecule has 2 amide bonds. The molecular formula is C24H27ClN4O2. The molecule has 4 rings (SSSR count). The summed E-state index contributed by atoms with van der Waals surface area (Å²) in [6.45, 7) is 5.72. The first-order chi connectivity index (χ1) is 14.9. The maximum Gasteiger partial charge on any atom is 0.251 e. The minimum atomic E-state index is -0.299. The van der Waals surface area contributed by atoms with E-state index in [4.69, 9.17) is 11.6 Å². The molecule has 0 saturated heterocycles. The standard InChI is InChI=1S/C24H27ClN4O2/c1-4-22(30)29(18-6-5-7-18)21-11-8-16(12-14(21)2)24(31)26-15(3)23-27-19-10-9-17(25)13-20(19)28-23/h8-13,15,18H,4-7H2,1-3H3,(H,26,31)(H,27,28). The van der Waals surface area contributed by atoms with Crippen molar-refractivity contribution in [3.63, 3.8) is 0 Å². The van der Waals surface area contributed by atoms with Crippen molar-refractivity contribution >= 4 is 40.1 Å². The highest BCUT2D eigenvalue weighted by Gasteiger charge is 2.30. The first kappa shape index (κ1) is 21.4. The predicted molar refractivity (Wildman–Crippen MR) is 124 cm³/mol. The highest BCUT2D eigenvalue weighted by molar-refractivity contribution is 6.31. The molecule has 7 heteroatoms. The monoisotopic (exact) mass is 438 g/mol. The van der Waals surface area contributed by atoms with Crippen molar-refractivity contribution in [2.45, 2.75) is 58.5 Å². The van der Waals surface area contributed by atoms with Crippen LogP contribution in [0.5, 0.6) is 0 Å². The number of aryl methyl sites for hydroxylation is 1. The number of fused-ring (bicyclic) bond motifs is 1. The van der Waals surface area contributed by atoms with Crippen LogP contribution in [0.1, 0.15) is 67.3 Å². The van der Waals surface area contributed by atoms with Gasteiger partial charge in [-0.15, -0.1) is 0 Å². The molecule has 0 bridgehead atoms. The van der Waals surface area contributed by atoms with Gasteiger partial charge < -0.3 is 15.2 Å². The molecule has 1 aromatic heterocycles. The molecule has 0 spiro atoms. The molecule has 0 aliphatic heterocycles. The van der Waals surface area contributed by atoms with Gasteiger partial charge in [-0.1, -0.05) is 18.5 Å². The zero-order chi connectivity index (χ0) is 22.1. The molecule has 162 valence electrons. The van der Waals surface area contributed by atoms with Crippen molar-refractivity contribution in [1.82, 2.24) is 15.3 Å². The number of amides is 2. The molecule has 1 atom stereocenters. The lowest BCUT2D eigenvalue weighted by Crippen LogP contribution is -2.44. The van der Waals surface area contributed by atoms with E-state index >= 15 is 0 Å². The number of nitrogens with one attached hydrogen (secondary N) is 2. The summed E-state index contributed by atoms with van der Waals surface area (Å²) in [7, 11) is 0. The number of imidazole rings is 1. The third kappa shape index (κ3) is 4.30. The Morgan fingerprint density at radius 1 is 1.26 bits per heavy atom. The van der Waals surface area contributed by atoms with E-state index in [1.807, 2.05) is 49.9 Å². The Bertz CT molecular complexity index is 1140. The Morgan fingerprint density at radius 3 is 2.68 bits per heavy atom. The fourth-order valence-electron chi connectivity index (χ4n) is 3.97. The van der Waals surface area contributed by atoms with Gasteiger partial charge in [0.05, 0.1) is 17.1 Å². The van der Waals surface area contributed by atoms with E-state index in [0.717, 1.165) is 41.5 Å². The Kier molecular flexibility index (Phi) is 6.01. The normalized spacial score (nSPS) is 14.8. The van der Waals surface area contributed by atoms with Crippen LogP contribution in [0, 0.1) is 6.92 Å². The van der Waals surface area contributed by atoms with Crippen LogP contribution >= 0.6 is 11.6 Å². The number of halogens is 1. The van der Waals surface area contributed by atoms with Gasteiger partial charge in [-0.2, -0.15) is 0 Å². The number of carbonyl (C=O) groups is 2. The highest BCUT2D eigenvalue weighted by Crippen LogP contribution is 2.32. The molecule has 3 aromatic rings. The summed E-state index contributed by atoms with van der Waals surface area (Å²) >= 11 is 6.04. The topological polar surface area (TPSA) is 78.1 Å². The third-order valence-electron chi connectivity index (χ3n) is 5.95. The molecule has 1 saturated carbocycles. The summed E-state index contributed by atoms with van der Waals surface area (Å²) in [5.41, 5.74) is 4.02. The maximum atomic E-state index is 12.9. The largest absolute Gasteiger partial charge is 0.342 e. The van der Waals surface area contributed by atoms with Crippen molar-refractivity contribution in [2.75, 3.05) is 4.90 Å². The number of H-pyrrole nitrogens is 1. The fraction of sp³-hybridized carbons (Fsp3) is 0.375. The van der Waals surface area contributed by atoms with E-state index in [1.54, 1.807) is 12.1 Å². The second-order valence-corrected chi connectivity index (χ2v) is 8.62. The first-order valence-corrected chi connectivity index (χ1v) is 11.1. The Morgan fingerprint density at radius 2 is 2.03 bits per heavy atom. The Labute approximate surface area is 187 Å². The summed E-state index contributed by atoms with van der Waals surface area (Å²) in [4.78, 5) is 35.1. The van der Waals surface area contributed by atoms with Gasteiger partial charge in [0.1, 0.15) is 5.82 Å². The molecule has 6 nitrogen and oxygen atoms in total. The van der Waals surface area contributed by atoms with Gasteiger partial charge in [-0.05, 0) is 75.1 Å². The first-order valence-electron chi connectivity index (χ1n) is 10.8. The zero-order valence-electron chi connectivity index (χ0n) is 18.0. The van der Waals surface area contributed by atoms with Gasteiger partial charge in [0.2, 0.25) is 5.91 Å². The summed E-state index contributed by atoms with van der Waals surface area (Å²) in [6, 6.07) is 11.0. The van der Waals surface area contributed by atoms with Gasteiger partial charge in [-0.3, -0.25) is 9.59 Å². The number of benzene rings is 2. The van der Waals surface area contributed by atoms with E-state index in [-0.39, 0.29) is 23.9 Å². The van der Waals surface area contributed by atoms with Crippen LogP contribution in [-0.4, -0.2) is 27.8 Å². The number of carbonyl (C=O) groups excluding carboxylic acids is 2. The minimum absolute atomic E-state index is 0.128. The van der Waals surface area contributed by atoms with Crippen molar-refractivity contribution in [2.24, 2.45) is 0 Å². The van der Waals surface area contributed by atoms with E-state index in [1.165, 1.54) is 0 Å². The molecular weight excluding hydrogens is 412 g/mol. The lowest BCUT2D eigenvalue weighted by Gasteiger charge is -2.38. The molecule has 2 aromatic carbocycles. The quantitative estimate of drug-likeness (QED) is 0.547. The van der Waals surface area contributed by atoms with Gasteiger partial charge in [0, 0.05) is 28.7 Å². The Hall–Kier alpha value is -2.86. The molecule has 1 unspecified atom stereocenters. The number of anilines is 1. The predicted octanol–water partition coefficient (Wildman–Crippen LogP) is 5.31. The van der Waals surface area contributed by atoms with Crippen LogP contribution in [0.4, 0.5) is 5.69 Å². The van der Waals surface area contributed by atoms with Crippen LogP contribution in [-0.2, 0) is 4.79 Å². The van der Waals surface area contributed by atoms with Crippen molar-refractivity contribution < 1.29 is 9.59 Å². The Balaban J connectivity index is 1.51. The second kappa shape index (κ2) is 8.71. The van der Waals surface area contributed by atoms with Crippen molar-refractivity contribution in [3.8, 4) is 0 Å².